The van der Waals surface area contributed by atoms with Crippen LogP contribution in [0.4, 0.5) is 8.78 Å². The largest absolute Gasteiger partial charge is 0.494 e. The molecule has 0 spiro atoms. The van der Waals surface area contributed by atoms with Gasteiger partial charge in [0, 0.05) is 23.9 Å². The van der Waals surface area contributed by atoms with Gasteiger partial charge in [-0.1, -0.05) is 6.07 Å². The fourth-order valence-corrected chi connectivity index (χ4v) is 2.79. The van der Waals surface area contributed by atoms with Crippen LogP contribution < -0.4 is 14.9 Å². The van der Waals surface area contributed by atoms with Crippen LogP contribution in [0.1, 0.15) is 18.1 Å². The predicted molar refractivity (Wildman–Crippen MR) is 97.4 cm³/mol. The van der Waals surface area contributed by atoms with Crippen molar-refractivity contribution in [2.75, 3.05) is 20.8 Å². The number of ether oxygens (including phenoxy) is 2. The molecule has 0 aliphatic carbocycles. The lowest BCUT2D eigenvalue weighted by Gasteiger charge is -2.29. The van der Waals surface area contributed by atoms with Gasteiger partial charge >= 0.3 is 0 Å². The van der Waals surface area contributed by atoms with E-state index in [1.807, 2.05) is 24.2 Å². The lowest BCUT2D eigenvalue weighted by Crippen LogP contribution is -2.34. The molecule has 26 heavy (non-hydrogen) atoms. The number of halogens is 2. The van der Waals surface area contributed by atoms with E-state index >= 15 is 0 Å². The predicted octanol–water partition coefficient (Wildman–Crippen LogP) is 4.20. The summed E-state index contributed by atoms with van der Waals surface area (Å²) in [5.41, 5.74) is 5.98. The third-order valence-corrected chi connectivity index (χ3v) is 4.19. The highest BCUT2D eigenvalue weighted by atomic mass is 19.1. The van der Waals surface area contributed by atoms with E-state index in [2.05, 4.69) is 5.43 Å². The average molecular weight is 358 g/mol. The van der Waals surface area contributed by atoms with E-state index in [1.165, 1.54) is 26.4 Å². The number of rotatable bonds is 5. The van der Waals surface area contributed by atoms with Gasteiger partial charge in [0.05, 0.1) is 19.9 Å². The van der Waals surface area contributed by atoms with Crippen molar-refractivity contribution in [3.8, 4) is 11.5 Å². The molecule has 6 heteroatoms. The van der Waals surface area contributed by atoms with Gasteiger partial charge in [-0.2, -0.15) is 0 Å². The zero-order valence-corrected chi connectivity index (χ0v) is 14.8. The van der Waals surface area contributed by atoms with E-state index in [0.29, 0.717) is 23.4 Å². The molecule has 136 valence electrons. The lowest BCUT2D eigenvalue weighted by atomic mass is 9.98. The molecule has 0 saturated carbocycles. The molecule has 0 bridgehead atoms. The van der Waals surface area contributed by atoms with Crippen LogP contribution in [0.3, 0.4) is 0 Å². The minimum absolute atomic E-state index is 0.171. The molecule has 0 fully saturated rings. The number of hydrazine groups is 1. The van der Waals surface area contributed by atoms with Crippen molar-refractivity contribution in [2.45, 2.75) is 6.92 Å². The molecule has 1 aliphatic heterocycles. The molecule has 1 aliphatic rings. The van der Waals surface area contributed by atoms with Gasteiger partial charge in [0.2, 0.25) is 0 Å². The summed E-state index contributed by atoms with van der Waals surface area (Å²) < 4.78 is 38.3. The smallest absolute Gasteiger partial charge is 0.165 e. The first-order valence-corrected chi connectivity index (χ1v) is 8.21. The van der Waals surface area contributed by atoms with Gasteiger partial charge in [0.1, 0.15) is 0 Å². The van der Waals surface area contributed by atoms with Crippen molar-refractivity contribution in [1.82, 2.24) is 10.4 Å². The molecular formula is C20H20F2N2O2. The number of hydrogen-bond donors (Lipinski definition) is 1. The molecule has 0 unspecified atom stereocenters. The highest BCUT2D eigenvalue weighted by Gasteiger charge is 2.18. The molecule has 0 saturated heterocycles. The Balaban J connectivity index is 2.12. The van der Waals surface area contributed by atoms with Crippen molar-refractivity contribution in [2.24, 2.45) is 0 Å². The molecule has 1 N–H and O–H groups in total. The lowest BCUT2D eigenvalue weighted by molar-refractivity contribution is 0.340. The number of nitrogens with zero attached hydrogens (tertiary/aromatic N) is 1. The van der Waals surface area contributed by atoms with Crippen molar-refractivity contribution in [3.63, 3.8) is 0 Å². The summed E-state index contributed by atoms with van der Waals surface area (Å²) in [6.45, 7) is 2.70. The second-order valence-electron chi connectivity index (χ2n) is 5.70. The first-order chi connectivity index (χ1) is 12.6. The number of nitrogens with one attached hydrogen (secondary N) is 1. The minimum Gasteiger partial charge on any atom is -0.494 e. The highest BCUT2D eigenvalue weighted by Crippen LogP contribution is 2.32. The van der Waals surface area contributed by atoms with Crippen LogP contribution in [-0.2, 0) is 0 Å². The van der Waals surface area contributed by atoms with Gasteiger partial charge in [0.25, 0.3) is 0 Å². The topological polar surface area (TPSA) is 33.7 Å². The Hall–Kier alpha value is -3.02. The molecule has 2 aromatic carbocycles. The van der Waals surface area contributed by atoms with E-state index in [4.69, 9.17) is 9.47 Å². The Morgan fingerprint density at radius 2 is 1.50 bits per heavy atom. The standard InChI is InChI=1S/C20H20F2N2O2/c1-4-24-10-9-15(13-5-7-18(25-2)16(21)11-13)20(23-24)14-6-8-19(26-3)17(22)12-14/h5-12,23H,4H2,1-3H3. The van der Waals surface area contributed by atoms with Crippen LogP contribution >= 0.6 is 0 Å². The summed E-state index contributed by atoms with van der Waals surface area (Å²) >= 11 is 0. The second-order valence-corrected chi connectivity index (χ2v) is 5.70. The Bertz CT molecular complexity index is 878. The monoisotopic (exact) mass is 358 g/mol. The molecule has 4 nitrogen and oxygen atoms in total. The van der Waals surface area contributed by atoms with Gasteiger partial charge in [-0.25, -0.2) is 8.78 Å². The molecule has 1 heterocycles. The van der Waals surface area contributed by atoms with Gasteiger partial charge in [0.15, 0.2) is 23.1 Å². The molecule has 0 amide bonds. The van der Waals surface area contributed by atoms with Crippen LogP contribution in [0.2, 0.25) is 0 Å². The van der Waals surface area contributed by atoms with E-state index < -0.39 is 11.6 Å². The van der Waals surface area contributed by atoms with Gasteiger partial charge in [-0.15, -0.1) is 0 Å². The maximum absolute atomic E-state index is 14.2. The summed E-state index contributed by atoms with van der Waals surface area (Å²) in [6, 6.07) is 9.47. The average Bonchev–Trinajstić information content (AvgIpc) is 2.67. The summed E-state index contributed by atoms with van der Waals surface area (Å²) in [4.78, 5) is 0. The number of benzene rings is 2. The molecule has 0 atom stereocenters. The van der Waals surface area contributed by atoms with Crippen molar-refractivity contribution in [3.05, 3.63) is 71.4 Å². The van der Waals surface area contributed by atoms with Crippen molar-refractivity contribution in [1.29, 1.82) is 0 Å². The first-order valence-electron chi connectivity index (χ1n) is 8.21. The SMILES string of the molecule is CCN1C=CC(c2ccc(OC)c(F)c2)=C(c2ccc(OC)c(F)c2)N1. The third kappa shape index (κ3) is 3.35. The summed E-state index contributed by atoms with van der Waals surface area (Å²) in [6.07, 6.45) is 3.74. The van der Waals surface area contributed by atoms with Crippen LogP contribution in [0, 0.1) is 11.6 Å². The number of hydrogen-bond acceptors (Lipinski definition) is 4. The molecular weight excluding hydrogens is 338 g/mol. The highest BCUT2D eigenvalue weighted by molar-refractivity contribution is 5.95. The van der Waals surface area contributed by atoms with Gasteiger partial charge < -0.3 is 9.47 Å². The van der Waals surface area contributed by atoms with Gasteiger partial charge in [-0.3, -0.25) is 10.4 Å². The third-order valence-electron chi connectivity index (χ3n) is 4.19. The second kappa shape index (κ2) is 7.47. The summed E-state index contributed by atoms with van der Waals surface area (Å²) in [7, 11) is 2.84. The minimum atomic E-state index is -0.461. The quantitative estimate of drug-likeness (QED) is 0.868. The Morgan fingerprint density at radius 3 is 2.04 bits per heavy atom. The van der Waals surface area contributed by atoms with E-state index in [1.54, 1.807) is 24.3 Å². The maximum Gasteiger partial charge on any atom is 0.165 e. The van der Waals surface area contributed by atoms with E-state index in [0.717, 1.165) is 5.57 Å². The number of methoxy groups -OCH3 is 2. The normalized spacial score (nSPS) is 13.7. The fraction of sp³-hybridized carbons (Fsp3) is 0.200. The molecule has 0 aromatic heterocycles. The van der Waals surface area contributed by atoms with Crippen molar-refractivity contribution >= 4 is 11.3 Å². The molecule has 2 aromatic rings. The van der Waals surface area contributed by atoms with Crippen LogP contribution in [0.25, 0.3) is 11.3 Å². The van der Waals surface area contributed by atoms with E-state index in [9.17, 15) is 8.78 Å². The van der Waals surface area contributed by atoms with Crippen LogP contribution in [0.5, 0.6) is 11.5 Å². The Labute approximate surface area is 151 Å². The molecule has 3 rings (SSSR count). The maximum atomic E-state index is 14.2. The fourth-order valence-electron chi connectivity index (χ4n) is 2.79. The summed E-state index contributed by atoms with van der Waals surface area (Å²) in [5.74, 6) is -0.569. The zero-order chi connectivity index (χ0) is 18.7. The first kappa shape index (κ1) is 17.8. The zero-order valence-electron chi connectivity index (χ0n) is 14.8. The number of allylic oxidation sites excluding steroid dienone is 2. The van der Waals surface area contributed by atoms with Crippen molar-refractivity contribution < 1.29 is 18.3 Å². The van der Waals surface area contributed by atoms with E-state index in [-0.39, 0.29) is 11.5 Å². The van der Waals surface area contributed by atoms with Crippen LogP contribution in [-0.4, -0.2) is 25.8 Å². The molecule has 0 radical (unpaired) electrons. The summed E-state index contributed by atoms with van der Waals surface area (Å²) in [5, 5.41) is 1.86. The Kier molecular flexibility index (Phi) is 5.11. The van der Waals surface area contributed by atoms with Gasteiger partial charge in [-0.05, 0) is 48.9 Å². The van der Waals surface area contributed by atoms with Crippen LogP contribution in [0.15, 0.2) is 48.7 Å². The Morgan fingerprint density at radius 1 is 0.923 bits per heavy atom.